The average molecular weight is 474 g/mol. The Morgan fingerprint density at radius 3 is 2.23 bits per heavy atom. The lowest BCUT2D eigenvalue weighted by Gasteiger charge is -2.14. The summed E-state index contributed by atoms with van der Waals surface area (Å²) in [5.41, 5.74) is 2.46. The first-order valence-electron chi connectivity index (χ1n) is 8.09. The summed E-state index contributed by atoms with van der Waals surface area (Å²) in [6.45, 7) is 1.53. The quantitative estimate of drug-likeness (QED) is 0.383. The number of rotatable bonds is 6. The zero-order valence-electron chi connectivity index (χ0n) is 15.2. The fraction of sp³-hybridized carbons (Fsp3) is 0.316. The molecule has 2 rings (SSSR count). The van der Waals surface area contributed by atoms with E-state index in [4.69, 9.17) is 0 Å². The van der Waals surface area contributed by atoms with E-state index in [2.05, 4.69) is 15.6 Å². The summed E-state index contributed by atoms with van der Waals surface area (Å²) < 4.78 is 27.0. The zero-order valence-corrected chi connectivity index (χ0v) is 17.6. The van der Waals surface area contributed by atoms with Gasteiger partial charge in [0, 0.05) is 32.2 Å². The molecule has 0 atom stereocenters. The normalized spacial score (nSPS) is 11.2. The van der Waals surface area contributed by atoms with Gasteiger partial charge in [0.25, 0.3) is 0 Å². The first-order valence-corrected chi connectivity index (χ1v) is 8.09. The molecule has 0 bridgehead atoms. The Bertz CT molecular complexity index is 735. The van der Waals surface area contributed by atoms with Crippen LogP contribution >= 0.6 is 24.0 Å². The molecule has 2 N–H and O–H groups in total. The number of nitrogens with zero attached hydrogens (tertiary/aromatic N) is 2. The van der Waals surface area contributed by atoms with E-state index in [1.165, 1.54) is 18.2 Å². The SMILES string of the molecule is CN=C(NCc1cccc(F)c1)NCc1ccc(F)c(CN(C)C)c1.I. The van der Waals surface area contributed by atoms with Crippen LogP contribution in [0, 0.1) is 11.6 Å². The third kappa shape index (κ3) is 7.25. The first-order chi connectivity index (χ1) is 12.0. The molecule has 2 aromatic rings. The summed E-state index contributed by atoms with van der Waals surface area (Å²) in [4.78, 5) is 6.07. The highest BCUT2D eigenvalue weighted by molar-refractivity contribution is 14.0. The smallest absolute Gasteiger partial charge is 0.191 e. The second kappa shape index (κ2) is 11.1. The van der Waals surface area contributed by atoms with Crippen LogP contribution in [0.5, 0.6) is 0 Å². The van der Waals surface area contributed by atoms with E-state index in [0.717, 1.165) is 11.1 Å². The van der Waals surface area contributed by atoms with Crippen LogP contribution in [-0.2, 0) is 19.6 Å². The lowest BCUT2D eigenvalue weighted by Crippen LogP contribution is -2.36. The van der Waals surface area contributed by atoms with Crippen molar-refractivity contribution >= 4 is 29.9 Å². The second-order valence-electron chi connectivity index (χ2n) is 6.07. The van der Waals surface area contributed by atoms with Gasteiger partial charge in [-0.25, -0.2) is 8.78 Å². The Morgan fingerprint density at radius 2 is 1.65 bits per heavy atom. The van der Waals surface area contributed by atoms with Crippen molar-refractivity contribution in [3.8, 4) is 0 Å². The Kier molecular flexibility index (Phi) is 9.50. The van der Waals surface area contributed by atoms with Crippen molar-refractivity contribution in [1.29, 1.82) is 0 Å². The number of halogens is 3. The molecule has 4 nitrogen and oxygen atoms in total. The molecule has 0 saturated heterocycles. The summed E-state index contributed by atoms with van der Waals surface area (Å²) >= 11 is 0. The molecule has 0 amide bonds. The fourth-order valence-electron chi connectivity index (χ4n) is 2.44. The lowest BCUT2D eigenvalue weighted by atomic mass is 10.1. The van der Waals surface area contributed by atoms with Gasteiger partial charge in [-0.2, -0.15) is 0 Å². The van der Waals surface area contributed by atoms with Gasteiger partial charge >= 0.3 is 0 Å². The third-order valence-electron chi connectivity index (χ3n) is 3.63. The largest absolute Gasteiger partial charge is 0.352 e. The van der Waals surface area contributed by atoms with Crippen molar-refractivity contribution in [3.05, 3.63) is 70.8 Å². The monoisotopic (exact) mass is 474 g/mol. The van der Waals surface area contributed by atoms with Crippen LogP contribution in [0.1, 0.15) is 16.7 Å². The second-order valence-corrected chi connectivity index (χ2v) is 6.07. The van der Waals surface area contributed by atoms with E-state index < -0.39 is 0 Å². The Morgan fingerprint density at radius 1 is 1.00 bits per heavy atom. The predicted octanol–water partition coefficient (Wildman–Crippen LogP) is 3.51. The highest BCUT2D eigenvalue weighted by atomic mass is 127. The van der Waals surface area contributed by atoms with Gasteiger partial charge in [-0.15, -0.1) is 24.0 Å². The van der Waals surface area contributed by atoms with Gasteiger partial charge in [-0.1, -0.05) is 18.2 Å². The summed E-state index contributed by atoms with van der Waals surface area (Å²) in [7, 11) is 5.48. The number of hydrogen-bond donors (Lipinski definition) is 2. The van der Waals surface area contributed by atoms with E-state index in [1.54, 1.807) is 19.2 Å². The molecule has 0 saturated carbocycles. The molecule has 7 heteroatoms. The fourth-order valence-corrected chi connectivity index (χ4v) is 2.44. The molecule has 0 unspecified atom stereocenters. The molecular formula is C19H25F2IN4. The van der Waals surface area contributed by atoms with Crippen LogP contribution in [0.4, 0.5) is 8.78 Å². The van der Waals surface area contributed by atoms with Crippen molar-refractivity contribution in [2.75, 3.05) is 21.1 Å². The molecular weight excluding hydrogens is 449 g/mol. The molecule has 0 spiro atoms. The number of nitrogens with one attached hydrogen (secondary N) is 2. The van der Waals surface area contributed by atoms with Gasteiger partial charge in [0.15, 0.2) is 5.96 Å². The minimum absolute atomic E-state index is 0. The van der Waals surface area contributed by atoms with Crippen molar-refractivity contribution in [1.82, 2.24) is 15.5 Å². The Labute approximate surface area is 170 Å². The highest BCUT2D eigenvalue weighted by Crippen LogP contribution is 2.12. The molecule has 26 heavy (non-hydrogen) atoms. The van der Waals surface area contributed by atoms with Crippen LogP contribution in [0.25, 0.3) is 0 Å². The number of guanidine groups is 1. The molecule has 0 heterocycles. The molecule has 0 aromatic heterocycles. The van der Waals surface area contributed by atoms with Crippen LogP contribution in [-0.4, -0.2) is 32.0 Å². The van der Waals surface area contributed by atoms with E-state index in [1.807, 2.05) is 31.1 Å². The van der Waals surface area contributed by atoms with Crippen molar-refractivity contribution in [3.63, 3.8) is 0 Å². The summed E-state index contributed by atoms with van der Waals surface area (Å²) in [5.74, 6) is 0.135. The highest BCUT2D eigenvalue weighted by Gasteiger charge is 2.06. The maximum Gasteiger partial charge on any atom is 0.191 e. The van der Waals surface area contributed by atoms with Crippen LogP contribution in [0.15, 0.2) is 47.5 Å². The Hall–Kier alpha value is -1.74. The van der Waals surface area contributed by atoms with Crippen molar-refractivity contribution in [2.45, 2.75) is 19.6 Å². The minimum atomic E-state index is -0.262. The summed E-state index contributed by atoms with van der Waals surface area (Å²) in [6, 6.07) is 11.5. The van der Waals surface area contributed by atoms with Gasteiger partial charge < -0.3 is 15.5 Å². The summed E-state index contributed by atoms with van der Waals surface area (Å²) in [6.07, 6.45) is 0. The lowest BCUT2D eigenvalue weighted by molar-refractivity contribution is 0.392. The Balaban J connectivity index is 0.00000338. The van der Waals surface area contributed by atoms with Crippen molar-refractivity contribution < 1.29 is 8.78 Å². The maximum atomic E-state index is 13.8. The topological polar surface area (TPSA) is 39.7 Å². The first kappa shape index (κ1) is 22.3. The number of aliphatic imine (C=N–C) groups is 1. The van der Waals surface area contributed by atoms with Gasteiger partial charge in [0.2, 0.25) is 0 Å². The van der Waals surface area contributed by atoms with Gasteiger partial charge in [0.1, 0.15) is 11.6 Å². The molecule has 0 radical (unpaired) electrons. The third-order valence-corrected chi connectivity index (χ3v) is 3.63. The predicted molar refractivity (Wildman–Crippen MR) is 113 cm³/mol. The van der Waals surface area contributed by atoms with E-state index in [0.29, 0.717) is 31.2 Å². The standard InChI is InChI=1S/C19H24F2N4.HI/c1-22-19(23-11-14-5-4-6-17(20)10-14)24-12-15-7-8-18(21)16(9-15)13-25(2)3;/h4-10H,11-13H2,1-3H3,(H2,22,23,24);1H. The molecule has 0 fully saturated rings. The number of hydrogen-bond acceptors (Lipinski definition) is 2. The average Bonchev–Trinajstić information content (AvgIpc) is 2.57. The van der Waals surface area contributed by atoms with Crippen LogP contribution in [0.2, 0.25) is 0 Å². The molecule has 2 aromatic carbocycles. The van der Waals surface area contributed by atoms with Gasteiger partial charge in [-0.05, 0) is 49.5 Å². The maximum absolute atomic E-state index is 13.8. The van der Waals surface area contributed by atoms with E-state index >= 15 is 0 Å². The van der Waals surface area contributed by atoms with Crippen LogP contribution in [0.3, 0.4) is 0 Å². The van der Waals surface area contributed by atoms with E-state index in [9.17, 15) is 8.78 Å². The molecule has 0 aliphatic rings. The minimum Gasteiger partial charge on any atom is -0.352 e. The summed E-state index contributed by atoms with van der Waals surface area (Å²) in [5, 5.41) is 6.31. The molecule has 0 aliphatic carbocycles. The number of benzene rings is 2. The van der Waals surface area contributed by atoms with E-state index in [-0.39, 0.29) is 35.6 Å². The van der Waals surface area contributed by atoms with Crippen LogP contribution < -0.4 is 10.6 Å². The molecule has 142 valence electrons. The molecule has 0 aliphatic heterocycles. The zero-order chi connectivity index (χ0) is 18.2. The van der Waals surface area contributed by atoms with Crippen molar-refractivity contribution in [2.24, 2.45) is 4.99 Å². The van der Waals surface area contributed by atoms with Gasteiger partial charge in [0.05, 0.1) is 0 Å². The van der Waals surface area contributed by atoms with Gasteiger partial charge in [-0.3, -0.25) is 4.99 Å².